The van der Waals surface area contributed by atoms with Crippen molar-refractivity contribution in [2.75, 3.05) is 13.7 Å². The third-order valence-electron chi connectivity index (χ3n) is 3.42. The highest BCUT2D eigenvalue weighted by Crippen LogP contribution is 2.27. The van der Waals surface area contributed by atoms with Crippen LogP contribution < -0.4 is 0 Å². The molecule has 0 amide bonds. The molecule has 2 heteroatoms. The predicted molar refractivity (Wildman–Crippen MR) is 62.8 cm³/mol. The molecule has 15 heavy (non-hydrogen) atoms. The Morgan fingerprint density at radius 1 is 1.13 bits per heavy atom. The molecule has 1 fully saturated rings. The maximum absolute atomic E-state index is 5.46. The van der Waals surface area contributed by atoms with Crippen LogP contribution >= 0.6 is 0 Å². The fourth-order valence-electron chi connectivity index (χ4n) is 2.33. The third kappa shape index (κ3) is 6.16. The molecule has 0 N–H and O–H groups in total. The lowest BCUT2D eigenvalue weighted by Gasteiger charge is -2.21. The van der Waals surface area contributed by atoms with Crippen LogP contribution in [0.5, 0.6) is 0 Å². The van der Waals surface area contributed by atoms with Crippen LogP contribution in [-0.4, -0.2) is 20.0 Å². The van der Waals surface area contributed by atoms with Gasteiger partial charge in [0.25, 0.3) is 0 Å². The molecule has 1 rings (SSSR count). The second-order valence-electron chi connectivity index (χ2n) is 4.67. The van der Waals surface area contributed by atoms with Crippen LogP contribution in [0.3, 0.4) is 0 Å². The third-order valence-corrected chi connectivity index (χ3v) is 3.42. The SMILES string of the molecule is COC(C)OCCCCC1CCCCC1. The quantitative estimate of drug-likeness (QED) is 0.475. The molecule has 1 unspecified atom stereocenters. The van der Waals surface area contributed by atoms with Crippen molar-refractivity contribution in [1.82, 2.24) is 0 Å². The first kappa shape index (κ1) is 13.0. The fraction of sp³-hybridized carbons (Fsp3) is 1.00. The van der Waals surface area contributed by atoms with Crippen LogP contribution in [-0.2, 0) is 9.47 Å². The molecule has 0 bridgehead atoms. The van der Waals surface area contributed by atoms with Crippen molar-refractivity contribution >= 4 is 0 Å². The van der Waals surface area contributed by atoms with Gasteiger partial charge in [0.15, 0.2) is 6.29 Å². The summed E-state index contributed by atoms with van der Waals surface area (Å²) in [5, 5.41) is 0. The Balaban J connectivity index is 1.87. The molecule has 1 aliphatic rings. The van der Waals surface area contributed by atoms with Gasteiger partial charge < -0.3 is 9.47 Å². The molecule has 0 heterocycles. The van der Waals surface area contributed by atoms with E-state index in [0.717, 1.165) is 12.5 Å². The predicted octanol–water partition coefficient (Wildman–Crippen LogP) is 3.75. The summed E-state index contributed by atoms with van der Waals surface area (Å²) >= 11 is 0. The van der Waals surface area contributed by atoms with Crippen molar-refractivity contribution in [2.24, 2.45) is 5.92 Å². The monoisotopic (exact) mass is 214 g/mol. The van der Waals surface area contributed by atoms with Crippen LogP contribution in [0.2, 0.25) is 0 Å². The summed E-state index contributed by atoms with van der Waals surface area (Å²) in [4.78, 5) is 0. The molecule has 0 aromatic heterocycles. The number of hydrogen-bond acceptors (Lipinski definition) is 2. The zero-order valence-corrected chi connectivity index (χ0v) is 10.3. The largest absolute Gasteiger partial charge is 0.356 e. The minimum absolute atomic E-state index is 0.0420. The Kier molecular flexibility index (Phi) is 7.03. The van der Waals surface area contributed by atoms with Gasteiger partial charge in [-0.25, -0.2) is 0 Å². The number of hydrogen-bond donors (Lipinski definition) is 0. The Morgan fingerprint density at radius 3 is 2.53 bits per heavy atom. The van der Waals surface area contributed by atoms with E-state index in [4.69, 9.17) is 9.47 Å². The first-order chi connectivity index (χ1) is 7.33. The summed E-state index contributed by atoms with van der Waals surface area (Å²) in [7, 11) is 1.69. The van der Waals surface area contributed by atoms with Gasteiger partial charge >= 0.3 is 0 Å². The van der Waals surface area contributed by atoms with E-state index in [9.17, 15) is 0 Å². The summed E-state index contributed by atoms with van der Waals surface area (Å²) in [5.41, 5.74) is 0. The highest BCUT2D eigenvalue weighted by molar-refractivity contribution is 4.65. The van der Waals surface area contributed by atoms with E-state index in [1.54, 1.807) is 7.11 Å². The standard InChI is InChI=1S/C13H26O2/c1-12(14-2)15-11-7-6-10-13-8-4-3-5-9-13/h12-13H,3-11H2,1-2H3. The van der Waals surface area contributed by atoms with E-state index >= 15 is 0 Å². The topological polar surface area (TPSA) is 18.5 Å². The minimum Gasteiger partial charge on any atom is -0.356 e. The van der Waals surface area contributed by atoms with Gasteiger partial charge in [0.2, 0.25) is 0 Å². The van der Waals surface area contributed by atoms with Crippen molar-refractivity contribution in [3.63, 3.8) is 0 Å². The molecule has 1 atom stereocenters. The van der Waals surface area contributed by atoms with Crippen LogP contribution in [0, 0.1) is 5.92 Å². The van der Waals surface area contributed by atoms with E-state index in [-0.39, 0.29) is 6.29 Å². The molecule has 0 aromatic rings. The van der Waals surface area contributed by atoms with Crippen LogP contribution in [0.1, 0.15) is 58.3 Å². The number of methoxy groups -OCH3 is 1. The normalized spacial score (nSPS) is 20.4. The molecule has 1 aliphatic carbocycles. The molecule has 1 saturated carbocycles. The van der Waals surface area contributed by atoms with Crippen molar-refractivity contribution in [2.45, 2.75) is 64.6 Å². The Hall–Kier alpha value is -0.0800. The summed E-state index contributed by atoms with van der Waals surface area (Å²) in [6, 6.07) is 0. The van der Waals surface area contributed by atoms with Gasteiger partial charge in [-0.05, 0) is 19.3 Å². The van der Waals surface area contributed by atoms with Gasteiger partial charge in [-0.1, -0.05) is 44.9 Å². The fourth-order valence-corrected chi connectivity index (χ4v) is 2.33. The zero-order valence-electron chi connectivity index (χ0n) is 10.3. The summed E-state index contributed by atoms with van der Waals surface area (Å²) in [5.74, 6) is 1.01. The van der Waals surface area contributed by atoms with Gasteiger partial charge in [-0.3, -0.25) is 0 Å². The second kappa shape index (κ2) is 8.12. The van der Waals surface area contributed by atoms with Crippen molar-refractivity contribution in [3.05, 3.63) is 0 Å². The summed E-state index contributed by atoms with van der Waals surface area (Å²) in [6.07, 6.45) is 11.2. The van der Waals surface area contributed by atoms with Gasteiger partial charge in [0, 0.05) is 13.7 Å². The Morgan fingerprint density at radius 2 is 1.87 bits per heavy atom. The maximum atomic E-state index is 5.46. The van der Waals surface area contributed by atoms with E-state index in [1.807, 2.05) is 6.92 Å². The smallest absolute Gasteiger partial charge is 0.154 e. The Labute approximate surface area is 94.3 Å². The van der Waals surface area contributed by atoms with Gasteiger partial charge in [-0.15, -0.1) is 0 Å². The molecular formula is C13H26O2. The zero-order chi connectivity index (χ0) is 10.9. The maximum Gasteiger partial charge on any atom is 0.154 e. The Bertz CT molecular complexity index is 141. The van der Waals surface area contributed by atoms with Crippen molar-refractivity contribution in [3.8, 4) is 0 Å². The minimum atomic E-state index is -0.0420. The lowest BCUT2D eigenvalue weighted by Crippen LogP contribution is -2.11. The molecule has 0 saturated heterocycles. The summed E-state index contributed by atoms with van der Waals surface area (Å²) < 4.78 is 10.5. The summed E-state index contributed by atoms with van der Waals surface area (Å²) in [6.45, 7) is 2.79. The van der Waals surface area contributed by atoms with Crippen LogP contribution in [0.25, 0.3) is 0 Å². The van der Waals surface area contributed by atoms with Crippen molar-refractivity contribution in [1.29, 1.82) is 0 Å². The average molecular weight is 214 g/mol. The van der Waals surface area contributed by atoms with Crippen LogP contribution in [0.15, 0.2) is 0 Å². The molecule has 0 aliphatic heterocycles. The van der Waals surface area contributed by atoms with E-state index in [1.165, 1.54) is 51.4 Å². The lowest BCUT2D eigenvalue weighted by atomic mass is 9.86. The van der Waals surface area contributed by atoms with Crippen LogP contribution in [0.4, 0.5) is 0 Å². The molecule has 0 radical (unpaired) electrons. The molecule has 0 spiro atoms. The average Bonchev–Trinajstić information content (AvgIpc) is 2.29. The number of rotatable bonds is 7. The lowest BCUT2D eigenvalue weighted by molar-refractivity contribution is -0.111. The highest BCUT2D eigenvalue weighted by Gasteiger charge is 2.12. The van der Waals surface area contributed by atoms with Gasteiger partial charge in [0.05, 0.1) is 0 Å². The van der Waals surface area contributed by atoms with Crippen molar-refractivity contribution < 1.29 is 9.47 Å². The molecular weight excluding hydrogens is 188 g/mol. The number of unbranched alkanes of at least 4 members (excludes halogenated alkanes) is 1. The number of ether oxygens (including phenoxy) is 2. The van der Waals surface area contributed by atoms with E-state index in [2.05, 4.69) is 0 Å². The molecule has 90 valence electrons. The van der Waals surface area contributed by atoms with Gasteiger partial charge in [-0.2, -0.15) is 0 Å². The molecule has 0 aromatic carbocycles. The first-order valence-corrected chi connectivity index (χ1v) is 6.47. The first-order valence-electron chi connectivity index (χ1n) is 6.47. The van der Waals surface area contributed by atoms with Gasteiger partial charge in [0.1, 0.15) is 0 Å². The molecule has 2 nitrogen and oxygen atoms in total. The van der Waals surface area contributed by atoms with E-state index in [0.29, 0.717) is 0 Å². The highest BCUT2D eigenvalue weighted by atomic mass is 16.7. The second-order valence-corrected chi connectivity index (χ2v) is 4.67. The van der Waals surface area contributed by atoms with E-state index < -0.39 is 0 Å².